The maximum atomic E-state index is 11.4. The van der Waals surface area contributed by atoms with Gasteiger partial charge in [-0.15, -0.1) is 11.7 Å². The van der Waals surface area contributed by atoms with Gasteiger partial charge in [0.05, 0.1) is 19.3 Å². The molecule has 150 valence electrons. The van der Waals surface area contributed by atoms with Crippen molar-refractivity contribution in [2.45, 2.75) is 44.1 Å². The number of hydrogen-bond acceptors (Lipinski definition) is 7. The maximum Gasteiger partial charge on any atom is 0.217 e. The average Bonchev–Trinajstić information content (AvgIpc) is 3.15. The third kappa shape index (κ3) is 4.63. The lowest BCUT2D eigenvalue weighted by Crippen LogP contribution is -2.64. The van der Waals surface area contributed by atoms with Gasteiger partial charge in [0.15, 0.2) is 6.29 Å². The lowest BCUT2D eigenvalue weighted by atomic mass is 9.96. The normalized spacial score (nSPS) is 27.3. The number of carbonyl (C=O) groups excluding carboxylic acids is 1. The number of carbonyl (C=O) groups is 1. The van der Waals surface area contributed by atoms with Crippen LogP contribution in [0.15, 0.2) is 49.2 Å². The molecule has 3 N–H and O–H groups in total. The van der Waals surface area contributed by atoms with Crippen LogP contribution in [0.4, 0.5) is 0 Å². The molecule has 0 aliphatic carbocycles. The fourth-order valence-corrected chi connectivity index (χ4v) is 3.09. The van der Waals surface area contributed by atoms with Crippen LogP contribution in [0.2, 0.25) is 0 Å². The van der Waals surface area contributed by atoms with Gasteiger partial charge in [-0.25, -0.2) is 4.68 Å². The predicted molar refractivity (Wildman–Crippen MR) is 99.9 cm³/mol. The molecule has 1 aromatic heterocycles. The van der Waals surface area contributed by atoms with Crippen molar-refractivity contribution in [3.8, 4) is 11.3 Å². The molecule has 1 fully saturated rings. The molecule has 1 amide bonds. The molecule has 0 saturated carbocycles. The second-order valence-corrected chi connectivity index (χ2v) is 6.56. The molecule has 1 aliphatic rings. The number of nitrogens with zero attached hydrogens (tertiary/aromatic N) is 3. The van der Waals surface area contributed by atoms with Crippen molar-refractivity contribution < 1.29 is 24.5 Å². The number of aromatic nitrogens is 3. The van der Waals surface area contributed by atoms with Gasteiger partial charge in [0, 0.05) is 12.5 Å². The van der Waals surface area contributed by atoms with Gasteiger partial charge in [-0.05, 0) is 0 Å². The highest BCUT2D eigenvalue weighted by molar-refractivity contribution is 5.73. The summed E-state index contributed by atoms with van der Waals surface area (Å²) in [6, 6.07) is 8.66. The van der Waals surface area contributed by atoms with Crippen LogP contribution in [0, 0.1) is 0 Å². The molecule has 9 heteroatoms. The Hall–Kier alpha value is -2.59. The number of hydrogen-bond donors (Lipinski definition) is 3. The summed E-state index contributed by atoms with van der Waals surface area (Å²) in [4.78, 5) is 11.4. The van der Waals surface area contributed by atoms with E-state index >= 15 is 0 Å². The number of rotatable bonds is 7. The SMILES string of the molecule is C=CCO[C@H]1O[C@H](Cn2cc(-c3ccccc3)nn2)[C@H](O)[C@H](O)[C@H]1NC(C)=O. The van der Waals surface area contributed by atoms with Crippen molar-refractivity contribution in [1.29, 1.82) is 0 Å². The molecule has 1 aliphatic heterocycles. The molecule has 2 aromatic rings. The van der Waals surface area contributed by atoms with Crippen LogP contribution in [0.25, 0.3) is 11.3 Å². The molecule has 2 heterocycles. The van der Waals surface area contributed by atoms with Gasteiger partial charge >= 0.3 is 0 Å². The highest BCUT2D eigenvalue weighted by atomic mass is 16.7. The summed E-state index contributed by atoms with van der Waals surface area (Å²) in [6.45, 7) is 5.21. The molecule has 0 radical (unpaired) electrons. The van der Waals surface area contributed by atoms with Gasteiger partial charge in [0.25, 0.3) is 0 Å². The molecule has 0 unspecified atom stereocenters. The minimum atomic E-state index is -1.27. The first kappa shape index (κ1) is 20.2. The van der Waals surface area contributed by atoms with Gasteiger partial charge in [0.1, 0.15) is 30.0 Å². The van der Waals surface area contributed by atoms with E-state index in [1.165, 1.54) is 17.7 Å². The van der Waals surface area contributed by atoms with E-state index in [2.05, 4.69) is 22.2 Å². The lowest BCUT2D eigenvalue weighted by Gasteiger charge is -2.42. The van der Waals surface area contributed by atoms with Crippen molar-refractivity contribution in [2.75, 3.05) is 6.61 Å². The summed E-state index contributed by atoms with van der Waals surface area (Å²) < 4.78 is 12.9. The molecule has 1 saturated heterocycles. The number of nitrogens with one attached hydrogen (secondary N) is 1. The van der Waals surface area contributed by atoms with Gasteiger partial charge in [0.2, 0.25) is 5.91 Å². The smallest absolute Gasteiger partial charge is 0.217 e. The van der Waals surface area contributed by atoms with Crippen molar-refractivity contribution in [1.82, 2.24) is 20.3 Å². The van der Waals surface area contributed by atoms with E-state index in [4.69, 9.17) is 9.47 Å². The third-order valence-electron chi connectivity index (χ3n) is 4.42. The Bertz CT molecular complexity index is 797. The van der Waals surface area contributed by atoms with E-state index in [0.717, 1.165) is 5.56 Å². The molecule has 0 spiro atoms. The van der Waals surface area contributed by atoms with E-state index in [0.29, 0.717) is 5.69 Å². The van der Waals surface area contributed by atoms with Crippen LogP contribution in [-0.4, -0.2) is 68.4 Å². The quantitative estimate of drug-likeness (QED) is 0.576. The number of aliphatic hydroxyl groups is 2. The number of amides is 1. The summed E-state index contributed by atoms with van der Waals surface area (Å²) in [5, 5.41) is 31.7. The molecular weight excluding hydrogens is 364 g/mol. The molecule has 9 nitrogen and oxygen atoms in total. The molecule has 28 heavy (non-hydrogen) atoms. The molecular formula is C19H24N4O5. The Balaban J connectivity index is 1.73. The summed E-state index contributed by atoms with van der Waals surface area (Å²) >= 11 is 0. The van der Waals surface area contributed by atoms with Crippen LogP contribution in [0.1, 0.15) is 6.92 Å². The summed E-state index contributed by atoms with van der Waals surface area (Å²) in [7, 11) is 0. The second kappa shape index (κ2) is 9.07. The Labute approximate surface area is 162 Å². The standard InChI is InChI=1S/C19H24N4O5/c1-3-9-27-19-16(20-12(2)24)18(26)17(25)15(28-19)11-23-10-14(21-22-23)13-7-5-4-6-8-13/h3-8,10,15-19,25-26H,1,9,11H2,2H3,(H,20,24)/t15-,16-,17+,18-,19+/m1/s1. The minimum Gasteiger partial charge on any atom is -0.388 e. The highest BCUT2D eigenvalue weighted by Gasteiger charge is 2.45. The number of benzene rings is 1. The summed E-state index contributed by atoms with van der Waals surface area (Å²) in [5.74, 6) is -0.366. The van der Waals surface area contributed by atoms with Gasteiger partial charge in [-0.2, -0.15) is 0 Å². The van der Waals surface area contributed by atoms with E-state index in [1.54, 1.807) is 6.20 Å². The van der Waals surface area contributed by atoms with Gasteiger partial charge < -0.3 is 25.0 Å². The number of ether oxygens (including phenoxy) is 2. The lowest BCUT2D eigenvalue weighted by molar-refractivity contribution is -0.264. The van der Waals surface area contributed by atoms with Crippen molar-refractivity contribution in [2.24, 2.45) is 0 Å². The molecule has 3 rings (SSSR count). The predicted octanol–water partition coefficient (Wildman–Crippen LogP) is 0.0991. The van der Waals surface area contributed by atoms with Gasteiger partial charge in [-0.3, -0.25) is 4.79 Å². The summed E-state index contributed by atoms with van der Waals surface area (Å²) in [5.41, 5.74) is 1.60. The minimum absolute atomic E-state index is 0.152. The fourth-order valence-electron chi connectivity index (χ4n) is 3.09. The molecule has 5 atom stereocenters. The Kier molecular flexibility index (Phi) is 6.53. The first-order valence-electron chi connectivity index (χ1n) is 8.96. The number of aliphatic hydroxyl groups excluding tert-OH is 2. The van der Waals surface area contributed by atoms with Crippen LogP contribution in [0.3, 0.4) is 0 Å². The maximum absolute atomic E-state index is 11.4. The molecule has 1 aromatic carbocycles. The Morgan fingerprint density at radius 2 is 2.11 bits per heavy atom. The van der Waals surface area contributed by atoms with Crippen LogP contribution in [0.5, 0.6) is 0 Å². The zero-order valence-electron chi connectivity index (χ0n) is 15.5. The summed E-state index contributed by atoms with van der Waals surface area (Å²) in [6.07, 6.45) is -0.997. The molecule has 0 bridgehead atoms. The van der Waals surface area contributed by atoms with Crippen molar-refractivity contribution >= 4 is 5.91 Å². The first-order chi connectivity index (χ1) is 13.5. The Morgan fingerprint density at radius 3 is 2.79 bits per heavy atom. The third-order valence-corrected chi connectivity index (χ3v) is 4.42. The monoisotopic (exact) mass is 388 g/mol. The zero-order valence-corrected chi connectivity index (χ0v) is 15.5. The van der Waals surface area contributed by atoms with Crippen LogP contribution in [-0.2, 0) is 20.8 Å². The van der Waals surface area contributed by atoms with Crippen molar-refractivity contribution in [3.05, 3.63) is 49.2 Å². The van der Waals surface area contributed by atoms with E-state index in [-0.39, 0.29) is 19.1 Å². The highest BCUT2D eigenvalue weighted by Crippen LogP contribution is 2.24. The topological polar surface area (TPSA) is 119 Å². The fraction of sp³-hybridized carbons (Fsp3) is 0.421. The van der Waals surface area contributed by atoms with Crippen molar-refractivity contribution in [3.63, 3.8) is 0 Å². The van der Waals surface area contributed by atoms with Crippen LogP contribution >= 0.6 is 0 Å². The first-order valence-corrected chi connectivity index (χ1v) is 8.96. The van der Waals surface area contributed by atoms with E-state index in [9.17, 15) is 15.0 Å². The Morgan fingerprint density at radius 1 is 1.36 bits per heavy atom. The van der Waals surface area contributed by atoms with E-state index < -0.39 is 30.6 Å². The van der Waals surface area contributed by atoms with E-state index in [1.807, 2.05) is 30.3 Å². The van der Waals surface area contributed by atoms with Crippen LogP contribution < -0.4 is 5.32 Å². The largest absolute Gasteiger partial charge is 0.388 e. The average molecular weight is 388 g/mol. The van der Waals surface area contributed by atoms with Gasteiger partial charge in [-0.1, -0.05) is 41.6 Å². The zero-order chi connectivity index (χ0) is 20.1. The second-order valence-electron chi connectivity index (χ2n) is 6.56.